The molecule has 0 aliphatic carbocycles. The van der Waals surface area contributed by atoms with E-state index < -0.39 is 6.10 Å². The Hall–Kier alpha value is -2.41. The maximum absolute atomic E-state index is 12.4. The van der Waals surface area contributed by atoms with Crippen LogP contribution in [-0.2, 0) is 0 Å². The van der Waals surface area contributed by atoms with Crippen molar-refractivity contribution in [3.05, 3.63) is 42.2 Å². The van der Waals surface area contributed by atoms with Crippen molar-refractivity contribution in [3.63, 3.8) is 0 Å². The molecular weight excluding hydrogens is 306 g/mol. The van der Waals surface area contributed by atoms with E-state index in [9.17, 15) is 9.90 Å². The first-order valence-corrected chi connectivity index (χ1v) is 8.11. The van der Waals surface area contributed by atoms with E-state index in [1.807, 2.05) is 51.1 Å². The molecule has 0 saturated heterocycles. The molecule has 7 nitrogen and oxygen atoms in total. The van der Waals surface area contributed by atoms with E-state index in [2.05, 4.69) is 15.6 Å². The van der Waals surface area contributed by atoms with Crippen molar-refractivity contribution >= 4 is 6.03 Å². The maximum Gasteiger partial charge on any atom is 0.318 e. The second-order valence-electron chi connectivity index (χ2n) is 6.19. The van der Waals surface area contributed by atoms with Gasteiger partial charge in [-0.1, -0.05) is 23.4 Å². The van der Waals surface area contributed by atoms with Gasteiger partial charge in [0.2, 0.25) is 0 Å². The summed E-state index contributed by atoms with van der Waals surface area (Å²) < 4.78 is 1.67. The van der Waals surface area contributed by atoms with Crippen molar-refractivity contribution < 1.29 is 9.90 Å². The molecule has 0 spiro atoms. The number of carbonyl (C=O) groups excluding carboxylic acids is 1. The fraction of sp³-hybridized carbons (Fsp3) is 0.471. The van der Waals surface area contributed by atoms with E-state index in [4.69, 9.17) is 0 Å². The van der Waals surface area contributed by atoms with Gasteiger partial charge in [0.15, 0.2) is 0 Å². The number of carbonyl (C=O) groups is 1. The number of amides is 2. The van der Waals surface area contributed by atoms with Crippen LogP contribution < -0.4 is 5.32 Å². The molecule has 24 heavy (non-hydrogen) atoms. The summed E-state index contributed by atoms with van der Waals surface area (Å²) in [5.41, 5.74) is 1.58. The molecule has 0 aliphatic rings. The number of aliphatic hydroxyl groups excluding tert-OH is 1. The molecule has 2 unspecified atom stereocenters. The SMILES string of the molecule is CC(O)CN(C(=O)NC(C)c1cn(-c2ccccc2)nn1)C(C)C. The Balaban J connectivity index is 2.05. The third-order valence-electron chi connectivity index (χ3n) is 3.66. The molecule has 7 heteroatoms. The summed E-state index contributed by atoms with van der Waals surface area (Å²) in [6.07, 6.45) is 1.22. The first kappa shape index (κ1) is 17.9. The zero-order chi connectivity index (χ0) is 17.7. The van der Waals surface area contributed by atoms with Gasteiger partial charge in [-0.2, -0.15) is 0 Å². The van der Waals surface area contributed by atoms with E-state index in [1.54, 1.807) is 22.7 Å². The van der Waals surface area contributed by atoms with Gasteiger partial charge in [-0.3, -0.25) is 0 Å². The summed E-state index contributed by atoms with van der Waals surface area (Å²) >= 11 is 0. The van der Waals surface area contributed by atoms with Crippen LogP contribution in [0.2, 0.25) is 0 Å². The van der Waals surface area contributed by atoms with Gasteiger partial charge in [0.1, 0.15) is 5.69 Å². The highest BCUT2D eigenvalue weighted by molar-refractivity contribution is 5.75. The highest BCUT2D eigenvalue weighted by Gasteiger charge is 2.21. The van der Waals surface area contributed by atoms with Gasteiger partial charge >= 0.3 is 6.03 Å². The van der Waals surface area contributed by atoms with Gasteiger partial charge in [0, 0.05) is 12.6 Å². The van der Waals surface area contributed by atoms with Crippen LogP contribution in [0.4, 0.5) is 4.79 Å². The van der Waals surface area contributed by atoms with Crippen LogP contribution in [0.15, 0.2) is 36.5 Å². The molecule has 0 aliphatic heterocycles. The maximum atomic E-state index is 12.4. The summed E-state index contributed by atoms with van der Waals surface area (Å²) in [5, 5.41) is 20.7. The van der Waals surface area contributed by atoms with Gasteiger partial charge in [-0.05, 0) is 39.8 Å². The van der Waals surface area contributed by atoms with E-state index in [0.29, 0.717) is 5.69 Å². The molecule has 2 aromatic rings. The van der Waals surface area contributed by atoms with E-state index in [-0.39, 0.29) is 24.7 Å². The monoisotopic (exact) mass is 331 g/mol. The summed E-state index contributed by atoms with van der Waals surface area (Å²) in [7, 11) is 0. The van der Waals surface area contributed by atoms with Crippen LogP contribution in [0.1, 0.15) is 39.4 Å². The molecule has 1 aromatic heterocycles. The van der Waals surface area contributed by atoms with Gasteiger partial charge in [0.25, 0.3) is 0 Å². The quantitative estimate of drug-likeness (QED) is 0.849. The molecule has 2 rings (SSSR count). The third-order valence-corrected chi connectivity index (χ3v) is 3.66. The molecule has 0 bridgehead atoms. The fourth-order valence-corrected chi connectivity index (χ4v) is 2.34. The Bertz CT molecular complexity index is 654. The van der Waals surface area contributed by atoms with Crippen LogP contribution in [0, 0.1) is 0 Å². The van der Waals surface area contributed by atoms with Crippen LogP contribution >= 0.6 is 0 Å². The molecule has 0 fully saturated rings. The molecule has 0 saturated carbocycles. The fourth-order valence-electron chi connectivity index (χ4n) is 2.34. The molecule has 2 N–H and O–H groups in total. The predicted molar refractivity (Wildman–Crippen MR) is 91.8 cm³/mol. The second kappa shape index (κ2) is 7.92. The van der Waals surface area contributed by atoms with Crippen molar-refractivity contribution in [1.29, 1.82) is 0 Å². The lowest BCUT2D eigenvalue weighted by molar-refractivity contribution is 0.117. The number of hydrogen-bond acceptors (Lipinski definition) is 4. The summed E-state index contributed by atoms with van der Waals surface area (Å²) in [6.45, 7) is 7.64. The van der Waals surface area contributed by atoms with Crippen molar-refractivity contribution in [2.24, 2.45) is 0 Å². The zero-order valence-corrected chi connectivity index (χ0v) is 14.5. The Labute approximate surface area is 142 Å². The standard InChI is InChI=1S/C17H25N5O2/c1-12(2)21(10-13(3)23)17(24)18-14(4)16-11-22(20-19-16)15-8-6-5-7-9-15/h5-9,11-14,23H,10H2,1-4H3,(H,18,24). The highest BCUT2D eigenvalue weighted by atomic mass is 16.3. The van der Waals surface area contributed by atoms with Gasteiger partial charge in [-0.15, -0.1) is 5.10 Å². The first-order chi connectivity index (χ1) is 11.4. The van der Waals surface area contributed by atoms with Crippen molar-refractivity contribution in [2.75, 3.05) is 6.54 Å². The Morgan fingerprint density at radius 2 is 1.92 bits per heavy atom. The topological polar surface area (TPSA) is 83.3 Å². The number of hydrogen-bond donors (Lipinski definition) is 2. The van der Waals surface area contributed by atoms with E-state index >= 15 is 0 Å². The van der Waals surface area contributed by atoms with Crippen molar-refractivity contribution in [1.82, 2.24) is 25.2 Å². The number of aromatic nitrogens is 3. The largest absolute Gasteiger partial charge is 0.392 e. The first-order valence-electron chi connectivity index (χ1n) is 8.11. The minimum absolute atomic E-state index is 0.00759. The summed E-state index contributed by atoms with van der Waals surface area (Å²) in [5.74, 6) is 0. The number of rotatable bonds is 6. The molecule has 130 valence electrons. The average Bonchev–Trinajstić information content (AvgIpc) is 3.03. The molecule has 1 heterocycles. The molecule has 2 atom stereocenters. The van der Waals surface area contributed by atoms with Gasteiger partial charge < -0.3 is 15.3 Å². The van der Waals surface area contributed by atoms with Gasteiger partial charge in [0.05, 0.1) is 24.0 Å². The smallest absolute Gasteiger partial charge is 0.318 e. The minimum Gasteiger partial charge on any atom is -0.392 e. The van der Waals surface area contributed by atoms with Crippen LogP contribution in [-0.4, -0.2) is 49.7 Å². The number of nitrogens with one attached hydrogen (secondary N) is 1. The van der Waals surface area contributed by atoms with Crippen molar-refractivity contribution in [2.45, 2.75) is 45.9 Å². The zero-order valence-electron chi connectivity index (χ0n) is 14.5. The lowest BCUT2D eigenvalue weighted by Crippen LogP contribution is -2.47. The Kier molecular flexibility index (Phi) is 5.92. The lowest BCUT2D eigenvalue weighted by Gasteiger charge is -2.29. The third kappa shape index (κ3) is 4.55. The normalized spacial score (nSPS) is 13.6. The lowest BCUT2D eigenvalue weighted by atomic mass is 10.2. The summed E-state index contributed by atoms with van der Waals surface area (Å²) in [6, 6.07) is 9.14. The number of benzene rings is 1. The van der Waals surface area contributed by atoms with Crippen molar-refractivity contribution in [3.8, 4) is 5.69 Å². The average molecular weight is 331 g/mol. The van der Waals surface area contributed by atoms with Gasteiger partial charge in [-0.25, -0.2) is 9.48 Å². The molecule has 2 amide bonds. The minimum atomic E-state index is -0.576. The molecule has 0 radical (unpaired) electrons. The Morgan fingerprint density at radius 3 is 2.50 bits per heavy atom. The second-order valence-corrected chi connectivity index (χ2v) is 6.19. The van der Waals surface area contributed by atoms with Crippen LogP contribution in [0.25, 0.3) is 5.69 Å². The highest BCUT2D eigenvalue weighted by Crippen LogP contribution is 2.13. The molecular formula is C17H25N5O2. The predicted octanol–water partition coefficient (Wildman–Crippen LogP) is 2.13. The number of aliphatic hydroxyl groups is 1. The van der Waals surface area contributed by atoms with E-state index in [1.165, 1.54) is 0 Å². The van der Waals surface area contributed by atoms with E-state index in [0.717, 1.165) is 5.69 Å². The number of nitrogens with zero attached hydrogens (tertiary/aromatic N) is 4. The number of urea groups is 1. The molecule has 1 aromatic carbocycles. The number of para-hydroxylation sites is 1. The van der Waals surface area contributed by atoms with Crippen LogP contribution in [0.5, 0.6) is 0 Å². The Morgan fingerprint density at radius 1 is 1.25 bits per heavy atom. The summed E-state index contributed by atoms with van der Waals surface area (Å²) in [4.78, 5) is 14.0. The van der Waals surface area contributed by atoms with Crippen LogP contribution in [0.3, 0.4) is 0 Å².